The topological polar surface area (TPSA) is 95.4 Å². The minimum absolute atomic E-state index is 0. The molecule has 0 saturated heterocycles. The van der Waals surface area contributed by atoms with Crippen molar-refractivity contribution < 1.29 is 113 Å². The van der Waals surface area contributed by atoms with Crippen LogP contribution < -0.4 is 13.7 Å². The van der Waals surface area contributed by atoms with Gasteiger partial charge in [-0.1, -0.05) is 153 Å². The molecule has 3 aliphatic rings. The van der Waals surface area contributed by atoms with Crippen molar-refractivity contribution in [3.63, 3.8) is 0 Å². The Bertz CT molecular complexity index is 4030. The van der Waals surface area contributed by atoms with Crippen LogP contribution in [0.3, 0.4) is 0 Å². The van der Waals surface area contributed by atoms with Gasteiger partial charge in [-0.25, -0.2) is 15.0 Å². The number of rotatable bonds is 6. The van der Waals surface area contributed by atoms with Crippen molar-refractivity contribution >= 4 is 69.6 Å². The zero-order valence-electron chi connectivity index (χ0n) is 45.9. The van der Waals surface area contributed by atoms with Gasteiger partial charge >= 0.3 is 110 Å². The number of halogens is 18. The number of alkyl halides is 18. The molecule has 3 aliphatic heterocycles. The summed E-state index contributed by atoms with van der Waals surface area (Å²) in [5, 5.41) is 0. The van der Waals surface area contributed by atoms with E-state index < -0.39 is 71.2 Å². The van der Waals surface area contributed by atoms with E-state index in [1.54, 1.807) is 91.0 Å². The summed E-state index contributed by atoms with van der Waals surface area (Å²) in [6, 6.07) is 48.2. The van der Waals surface area contributed by atoms with Crippen LogP contribution in [-0.4, -0.2) is 82.8 Å². The second-order valence-electron chi connectivity index (χ2n) is 19.2. The molecular formula is C60H33F18IrN12+6. The number of fused-ring (bicyclic) bond motifs is 3. The van der Waals surface area contributed by atoms with Gasteiger partial charge in [0.05, 0.1) is 0 Å². The summed E-state index contributed by atoms with van der Waals surface area (Å²) in [6.45, 7) is 0. The molecule has 0 unspecified atom stereocenters. The van der Waals surface area contributed by atoms with Crippen LogP contribution in [0, 0.1) is 18.2 Å². The maximum atomic E-state index is 13.5. The second-order valence-corrected chi connectivity index (χ2v) is 19.2. The Balaban J connectivity index is 0.000000161. The number of aromatic nitrogens is 6. The third-order valence-electron chi connectivity index (χ3n) is 13.0. The van der Waals surface area contributed by atoms with E-state index in [1.807, 2.05) is 0 Å². The summed E-state index contributed by atoms with van der Waals surface area (Å²) in [6.07, 6.45) is -28.2. The molecule has 12 nitrogen and oxygen atoms in total. The van der Waals surface area contributed by atoms with E-state index in [1.165, 1.54) is 34.9 Å². The summed E-state index contributed by atoms with van der Waals surface area (Å²) < 4.78 is 244. The van der Waals surface area contributed by atoms with Crippen LogP contribution in [0.4, 0.5) is 131 Å². The summed E-state index contributed by atoms with van der Waals surface area (Å²) in [5.41, 5.74) is -0.554. The number of hydrogen-bond donors (Lipinski definition) is 0. The molecule has 6 heterocycles. The van der Waals surface area contributed by atoms with Crippen molar-refractivity contribution in [3.05, 3.63) is 198 Å². The van der Waals surface area contributed by atoms with Crippen LogP contribution in [0.15, 0.2) is 146 Å². The molecule has 9 aromatic rings. The first kappa shape index (κ1) is 65.5. The predicted molar refractivity (Wildman–Crippen MR) is 285 cm³/mol. The largest absolute Gasteiger partial charge is 3.00 e. The molecule has 462 valence electrons. The zero-order chi connectivity index (χ0) is 65.0. The second kappa shape index (κ2) is 24.5. The first-order chi connectivity index (χ1) is 42.2. The van der Waals surface area contributed by atoms with E-state index in [-0.39, 0.29) is 88.8 Å². The van der Waals surface area contributed by atoms with Gasteiger partial charge in [0.2, 0.25) is 17.5 Å². The minimum Gasteiger partial charge on any atom is -0.217 e. The third kappa shape index (κ3) is 13.8. The van der Waals surface area contributed by atoms with Gasteiger partial charge in [-0.2, -0.15) is 130 Å². The van der Waals surface area contributed by atoms with E-state index in [4.69, 9.17) is 0 Å². The van der Waals surface area contributed by atoms with Crippen molar-refractivity contribution in [2.75, 3.05) is 21.1 Å². The third-order valence-corrected chi connectivity index (χ3v) is 13.0. The normalized spacial score (nSPS) is 13.5. The fourth-order valence-corrected chi connectivity index (χ4v) is 8.94. The van der Waals surface area contributed by atoms with E-state index in [2.05, 4.69) is 66.1 Å². The number of benzene rings is 6. The summed E-state index contributed by atoms with van der Waals surface area (Å²) in [7, 11) is 4.60. The minimum atomic E-state index is -4.82. The fraction of sp³-hybridized carbons (Fsp3) is 0.150. The van der Waals surface area contributed by atoms with Gasteiger partial charge in [0, 0.05) is 16.7 Å². The van der Waals surface area contributed by atoms with Crippen LogP contribution in [-0.2, 0) is 57.2 Å². The Morgan fingerprint density at radius 3 is 0.725 bits per heavy atom. The molecule has 0 fully saturated rings. The zero-order valence-corrected chi connectivity index (χ0v) is 48.3. The van der Waals surface area contributed by atoms with E-state index >= 15 is 0 Å². The molecule has 31 heteroatoms. The molecule has 0 saturated carbocycles. The van der Waals surface area contributed by atoms with Crippen molar-refractivity contribution in [3.8, 4) is 33.8 Å². The molecule has 0 bridgehead atoms. The van der Waals surface area contributed by atoms with Gasteiger partial charge in [0.25, 0.3) is 0 Å². The molecule has 0 radical (unpaired) electrons. The summed E-state index contributed by atoms with van der Waals surface area (Å²) in [5.74, 6) is -4.57. The van der Waals surface area contributed by atoms with Crippen molar-refractivity contribution in [2.24, 2.45) is 0 Å². The van der Waals surface area contributed by atoms with Crippen molar-refractivity contribution in [2.45, 2.75) is 37.1 Å². The van der Waals surface area contributed by atoms with Gasteiger partial charge in [-0.05, 0) is 0 Å². The maximum Gasteiger partial charge on any atom is 3.00 e. The van der Waals surface area contributed by atoms with Gasteiger partial charge in [0.1, 0.15) is 17.1 Å². The smallest absolute Gasteiger partial charge is 0.217 e. The van der Waals surface area contributed by atoms with Crippen LogP contribution >= 0.6 is 0 Å². The van der Waals surface area contributed by atoms with Crippen LogP contribution in [0.5, 0.6) is 0 Å². The predicted octanol–water partition coefficient (Wildman–Crippen LogP) is 15.8. The molecule has 0 N–H and O–H groups in total. The van der Waals surface area contributed by atoms with E-state index in [0.717, 1.165) is 68.3 Å². The standard InChI is InChI=1S/3C20H11F6N4.Ir/c3*1-29-11-30(14-9-7-13(8-10-14)19(21,22)23)17-16(29)15(12-5-3-2-4-6-12)27-18(28-17)20(24,25)26;/h3*2-9H,1H3;/q3*+1;+3. The average Bonchev–Trinajstić information content (AvgIpc) is 1.68. The summed E-state index contributed by atoms with van der Waals surface area (Å²) in [4.78, 5) is 22.0. The Morgan fingerprint density at radius 2 is 0.538 bits per heavy atom. The van der Waals surface area contributed by atoms with E-state index in [0.29, 0.717) is 16.7 Å². The first-order valence-electron chi connectivity index (χ1n) is 25.5. The monoisotopic (exact) mass is 1460 g/mol. The SMILES string of the molecule is C[N+]1=C=[N+](c2[c-]cc(C(F)(F)F)cc2)c2nc(C(F)(F)F)nc(-c3ccccc3)c21.C[N+]1=C=[N+](c2[c-]cc(C(F)(F)F)cc2)c2nc(C(F)(F)F)nc(-c3ccccc3)c21.C[N+]1=C=[N+](c2[c-]cc(C(F)(F)F)cc2)c2nc(C(F)(F)F)nc(-c3ccccc3)c21.[Ir+3]. The molecule has 0 spiro atoms. The molecule has 6 aromatic carbocycles. The maximum absolute atomic E-state index is 13.5. The molecule has 0 atom stereocenters. The van der Waals surface area contributed by atoms with Crippen LogP contribution in [0.2, 0.25) is 0 Å². The number of hydrogen-bond acceptors (Lipinski definition) is 6. The first-order valence-corrected chi connectivity index (χ1v) is 25.5. The van der Waals surface area contributed by atoms with Crippen LogP contribution in [0.25, 0.3) is 33.8 Å². The van der Waals surface area contributed by atoms with Gasteiger partial charge in [-0.15, -0.1) is 18.2 Å². The van der Waals surface area contributed by atoms with Crippen LogP contribution in [0.1, 0.15) is 34.2 Å². The number of nitrogens with zero attached hydrogens (tertiary/aromatic N) is 12. The Kier molecular flexibility index (Phi) is 17.6. The molecule has 3 aromatic heterocycles. The Labute approximate surface area is 514 Å². The van der Waals surface area contributed by atoms with Gasteiger partial charge < -0.3 is 0 Å². The molecular weight excluding hydrogens is 1420 g/mol. The Hall–Kier alpha value is -9.91. The average molecular weight is 1460 g/mol. The van der Waals surface area contributed by atoms with Gasteiger partial charge in [-0.3, -0.25) is 0 Å². The summed E-state index contributed by atoms with van der Waals surface area (Å²) >= 11 is 0. The molecule has 0 amide bonds. The molecule has 91 heavy (non-hydrogen) atoms. The fourth-order valence-electron chi connectivity index (χ4n) is 8.94. The van der Waals surface area contributed by atoms with E-state index in [9.17, 15) is 79.0 Å². The molecule has 12 rings (SSSR count). The van der Waals surface area contributed by atoms with Gasteiger partial charge in [0.15, 0.2) is 38.2 Å². The van der Waals surface area contributed by atoms with Crippen molar-refractivity contribution in [1.29, 1.82) is 0 Å². The van der Waals surface area contributed by atoms with Crippen molar-refractivity contribution in [1.82, 2.24) is 43.6 Å². The molecule has 0 aliphatic carbocycles. The Morgan fingerprint density at radius 1 is 0.308 bits per heavy atom. The quantitative estimate of drug-likeness (QED) is 0.0935.